The van der Waals surface area contributed by atoms with Crippen molar-refractivity contribution in [2.24, 2.45) is 0 Å². The van der Waals surface area contributed by atoms with Crippen LogP contribution in [-0.4, -0.2) is 32.8 Å². The molecule has 0 spiro atoms. The van der Waals surface area contributed by atoms with Gasteiger partial charge in [-0.1, -0.05) is 0 Å². The molecule has 3 amide bonds. The summed E-state index contributed by atoms with van der Waals surface area (Å²) in [7, 11) is 0. The maximum absolute atomic E-state index is 12.6. The number of nitrogens with one attached hydrogen (secondary N) is 1. The molecule has 2 aliphatic rings. The summed E-state index contributed by atoms with van der Waals surface area (Å²) in [6, 6.07) is 2.78. The van der Waals surface area contributed by atoms with Crippen LogP contribution < -0.4 is 4.90 Å². The van der Waals surface area contributed by atoms with Crippen molar-refractivity contribution in [1.82, 2.24) is 14.9 Å². The van der Waals surface area contributed by atoms with E-state index in [0.717, 1.165) is 40.6 Å². The Morgan fingerprint density at radius 1 is 1.17 bits per heavy atom. The molecule has 6 nitrogen and oxygen atoms in total. The zero-order chi connectivity index (χ0) is 17.1. The maximum atomic E-state index is 12.6. The number of benzene rings is 1. The number of hydrogen-bond acceptors (Lipinski definition) is 3. The van der Waals surface area contributed by atoms with Crippen LogP contribution in [0.1, 0.15) is 17.0 Å². The zero-order valence-corrected chi connectivity index (χ0v) is 12.2. The summed E-state index contributed by atoms with van der Waals surface area (Å²) < 4.78 is 37.9. The number of H-pyrrole nitrogens is 1. The molecule has 0 unspecified atom stereocenters. The minimum atomic E-state index is -4.47. The van der Waals surface area contributed by atoms with Crippen LogP contribution in [-0.2, 0) is 23.9 Å². The number of hydrogen-bond donors (Lipinski definition) is 1. The third kappa shape index (κ3) is 2.08. The van der Waals surface area contributed by atoms with Gasteiger partial charge in [-0.2, -0.15) is 13.2 Å². The van der Waals surface area contributed by atoms with Crippen LogP contribution >= 0.6 is 0 Å². The van der Waals surface area contributed by atoms with E-state index in [1.807, 2.05) is 0 Å². The highest BCUT2D eigenvalue weighted by Crippen LogP contribution is 2.34. The molecule has 0 bridgehead atoms. The highest BCUT2D eigenvalue weighted by molar-refractivity contribution is 6.21. The molecule has 1 aromatic carbocycles. The fraction of sp³-hybridized carbons (Fsp3) is 0.267. The quantitative estimate of drug-likeness (QED) is 0.813. The molecule has 4 rings (SSSR count). The minimum absolute atomic E-state index is 0.129. The van der Waals surface area contributed by atoms with E-state index in [1.165, 1.54) is 11.2 Å². The molecule has 0 radical (unpaired) electrons. The van der Waals surface area contributed by atoms with Gasteiger partial charge in [0.1, 0.15) is 6.04 Å². The normalized spacial score (nSPS) is 20.4. The van der Waals surface area contributed by atoms with Gasteiger partial charge >= 0.3 is 12.2 Å². The fourth-order valence-electron chi connectivity index (χ4n) is 3.07. The molecular weight excluding hydrogens is 325 g/mol. The Morgan fingerprint density at radius 3 is 2.54 bits per heavy atom. The Kier molecular flexibility index (Phi) is 2.96. The SMILES string of the molecule is O=C1[C@@H]2Cc3nc[nH]c3CN2C(=O)N1c1ccc(C(F)(F)F)cc1. The number of nitrogens with zero attached hydrogens (tertiary/aromatic N) is 3. The van der Waals surface area contributed by atoms with Crippen molar-refractivity contribution in [2.45, 2.75) is 25.2 Å². The molecule has 24 heavy (non-hydrogen) atoms. The Morgan fingerprint density at radius 2 is 1.88 bits per heavy atom. The fourth-order valence-corrected chi connectivity index (χ4v) is 3.07. The predicted molar refractivity (Wildman–Crippen MR) is 75.9 cm³/mol. The van der Waals surface area contributed by atoms with Gasteiger partial charge in [0.15, 0.2) is 0 Å². The van der Waals surface area contributed by atoms with Gasteiger partial charge in [0.05, 0.1) is 35.5 Å². The van der Waals surface area contributed by atoms with E-state index in [9.17, 15) is 22.8 Å². The largest absolute Gasteiger partial charge is 0.416 e. The standard InChI is InChI=1S/C15H11F3N4O2/c16-15(17,18)8-1-3-9(4-2-8)22-13(23)12-5-10-11(20-7-19-10)6-21(12)14(22)24/h1-4,7,12H,5-6H2,(H,19,20)/t12-/m0/s1. The van der Waals surface area contributed by atoms with Crippen LogP contribution in [0.4, 0.5) is 23.7 Å². The summed E-state index contributed by atoms with van der Waals surface area (Å²) in [5.74, 6) is -0.451. The highest BCUT2D eigenvalue weighted by Gasteiger charge is 2.48. The number of imide groups is 1. The molecule has 9 heteroatoms. The van der Waals surface area contributed by atoms with E-state index in [0.29, 0.717) is 6.42 Å². The highest BCUT2D eigenvalue weighted by atomic mass is 19.4. The second kappa shape index (κ2) is 4.83. The third-order valence-corrected chi connectivity index (χ3v) is 4.29. The summed E-state index contributed by atoms with van der Waals surface area (Å²) in [6.45, 7) is 0.224. The second-order valence-corrected chi connectivity index (χ2v) is 5.68. The summed E-state index contributed by atoms with van der Waals surface area (Å²) in [5, 5.41) is 0. The van der Waals surface area contributed by atoms with E-state index in [1.54, 1.807) is 0 Å². The number of halogens is 3. The number of fused-ring (bicyclic) bond motifs is 2. The van der Waals surface area contributed by atoms with Gasteiger partial charge in [-0.25, -0.2) is 14.7 Å². The van der Waals surface area contributed by atoms with Crippen LogP contribution in [0.5, 0.6) is 0 Å². The average Bonchev–Trinajstić information content (AvgIpc) is 3.09. The Labute approximate surface area is 133 Å². The van der Waals surface area contributed by atoms with Gasteiger partial charge in [0, 0.05) is 6.42 Å². The van der Waals surface area contributed by atoms with E-state index >= 15 is 0 Å². The Hall–Kier alpha value is -2.84. The third-order valence-electron chi connectivity index (χ3n) is 4.29. The molecule has 3 heterocycles. The molecular formula is C15H11F3N4O2. The molecule has 1 aromatic heterocycles. The van der Waals surface area contributed by atoms with E-state index < -0.39 is 29.7 Å². The maximum Gasteiger partial charge on any atom is 0.416 e. The smallest absolute Gasteiger partial charge is 0.347 e. The molecule has 1 fully saturated rings. The van der Waals surface area contributed by atoms with Crippen molar-refractivity contribution in [3.8, 4) is 0 Å². The summed E-state index contributed by atoms with van der Waals surface area (Å²) in [6.07, 6.45) is -2.67. The van der Waals surface area contributed by atoms with Crippen molar-refractivity contribution in [3.05, 3.63) is 47.5 Å². The minimum Gasteiger partial charge on any atom is -0.347 e. The van der Waals surface area contributed by atoms with Crippen LogP contribution in [0, 0.1) is 0 Å². The van der Waals surface area contributed by atoms with Crippen molar-refractivity contribution < 1.29 is 22.8 Å². The number of alkyl halides is 3. The number of rotatable bonds is 1. The molecule has 124 valence electrons. The van der Waals surface area contributed by atoms with Crippen molar-refractivity contribution in [1.29, 1.82) is 0 Å². The topological polar surface area (TPSA) is 69.3 Å². The van der Waals surface area contributed by atoms with Gasteiger partial charge in [-0.3, -0.25) is 4.79 Å². The molecule has 1 N–H and O–H groups in total. The van der Waals surface area contributed by atoms with E-state index in [4.69, 9.17) is 0 Å². The average molecular weight is 336 g/mol. The molecule has 2 aromatic rings. The first-order chi connectivity index (χ1) is 11.4. The number of carbonyl (C=O) groups excluding carboxylic acids is 2. The number of anilines is 1. The molecule has 1 saturated heterocycles. The molecule has 1 atom stereocenters. The lowest BCUT2D eigenvalue weighted by Crippen LogP contribution is -2.40. The first-order valence-electron chi connectivity index (χ1n) is 7.19. The summed E-state index contributed by atoms with van der Waals surface area (Å²) in [4.78, 5) is 34.5. The first kappa shape index (κ1) is 14.7. The van der Waals surface area contributed by atoms with Crippen molar-refractivity contribution in [2.75, 3.05) is 4.90 Å². The number of carbonyl (C=O) groups is 2. The summed E-state index contributed by atoms with van der Waals surface area (Å²) >= 11 is 0. The molecule has 0 aliphatic carbocycles. The lowest BCUT2D eigenvalue weighted by Gasteiger charge is -2.25. The first-order valence-corrected chi connectivity index (χ1v) is 7.19. The summed E-state index contributed by atoms with van der Waals surface area (Å²) in [5.41, 5.74) is 0.791. The van der Waals surface area contributed by atoms with Gasteiger partial charge in [-0.05, 0) is 24.3 Å². The van der Waals surface area contributed by atoms with Crippen LogP contribution in [0.15, 0.2) is 30.6 Å². The number of aromatic nitrogens is 2. The van der Waals surface area contributed by atoms with E-state index in [2.05, 4.69) is 9.97 Å². The second-order valence-electron chi connectivity index (χ2n) is 5.68. The van der Waals surface area contributed by atoms with Crippen molar-refractivity contribution >= 4 is 17.6 Å². The number of aromatic amines is 1. The van der Waals surface area contributed by atoms with Crippen LogP contribution in [0.3, 0.4) is 0 Å². The predicted octanol–water partition coefficient (Wildman–Crippen LogP) is 2.32. The lowest BCUT2D eigenvalue weighted by molar-refractivity contribution is -0.137. The van der Waals surface area contributed by atoms with Crippen LogP contribution in [0.25, 0.3) is 0 Å². The van der Waals surface area contributed by atoms with Crippen LogP contribution in [0.2, 0.25) is 0 Å². The number of imidazole rings is 1. The molecule has 2 aliphatic heterocycles. The van der Waals surface area contributed by atoms with Crippen molar-refractivity contribution in [3.63, 3.8) is 0 Å². The van der Waals surface area contributed by atoms with E-state index in [-0.39, 0.29) is 12.2 Å². The molecule has 0 saturated carbocycles. The Balaban J connectivity index is 1.65. The lowest BCUT2D eigenvalue weighted by atomic mass is 10.0. The number of amides is 3. The van der Waals surface area contributed by atoms with Gasteiger partial charge in [0.2, 0.25) is 0 Å². The van der Waals surface area contributed by atoms with Gasteiger partial charge in [-0.15, -0.1) is 0 Å². The Bertz CT molecular complexity index is 789. The zero-order valence-electron chi connectivity index (χ0n) is 12.2. The van der Waals surface area contributed by atoms with Gasteiger partial charge in [0.25, 0.3) is 5.91 Å². The monoisotopic (exact) mass is 336 g/mol. The van der Waals surface area contributed by atoms with Gasteiger partial charge < -0.3 is 9.88 Å². The number of urea groups is 1.